The van der Waals surface area contributed by atoms with E-state index >= 15 is 0 Å². The number of aliphatic hydroxyl groups is 1. The van der Waals surface area contributed by atoms with Gasteiger partial charge in [0.1, 0.15) is 0 Å². The van der Waals surface area contributed by atoms with Gasteiger partial charge < -0.3 is 5.11 Å². The third-order valence-electron chi connectivity index (χ3n) is 1.14. The lowest BCUT2D eigenvalue weighted by atomic mass is 10.4. The molecule has 0 heterocycles. The van der Waals surface area contributed by atoms with Crippen LogP contribution in [0.5, 0.6) is 0 Å². The van der Waals surface area contributed by atoms with Gasteiger partial charge >= 0.3 is 0 Å². The van der Waals surface area contributed by atoms with Crippen LogP contribution >= 0.6 is 0 Å². The molecule has 0 aromatic heterocycles. The highest BCUT2D eigenvalue weighted by atomic mass is 16.3. The SMILES string of the molecule is C=CC(=O)N(CCO)C(C)=O. The molecule has 1 N–H and O–H groups in total. The standard InChI is InChI=1S/C7H11NO3/c1-3-7(11)8(4-5-9)6(2)10/h3,9H,1,4-5H2,2H3. The molecule has 0 saturated carbocycles. The normalized spacial score (nSPS) is 8.91. The van der Waals surface area contributed by atoms with E-state index in [1.165, 1.54) is 6.92 Å². The first kappa shape index (κ1) is 9.84. The number of carbonyl (C=O) groups excluding carboxylic acids is 2. The van der Waals surface area contributed by atoms with Gasteiger partial charge in [-0.15, -0.1) is 0 Å². The van der Waals surface area contributed by atoms with Crippen molar-refractivity contribution in [2.24, 2.45) is 0 Å². The molecule has 0 radical (unpaired) electrons. The van der Waals surface area contributed by atoms with Crippen LogP contribution in [-0.2, 0) is 9.59 Å². The quantitative estimate of drug-likeness (QED) is 0.564. The van der Waals surface area contributed by atoms with E-state index in [1.54, 1.807) is 0 Å². The van der Waals surface area contributed by atoms with Gasteiger partial charge in [-0.3, -0.25) is 14.5 Å². The summed E-state index contributed by atoms with van der Waals surface area (Å²) in [5.74, 6) is -0.865. The Morgan fingerprint density at radius 1 is 1.64 bits per heavy atom. The van der Waals surface area contributed by atoms with Crippen molar-refractivity contribution in [3.05, 3.63) is 12.7 Å². The molecular formula is C7H11NO3. The second kappa shape index (κ2) is 4.62. The zero-order chi connectivity index (χ0) is 8.85. The van der Waals surface area contributed by atoms with Crippen LogP contribution in [0.15, 0.2) is 12.7 Å². The maximum Gasteiger partial charge on any atom is 0.252 e. The first-order chi connectivity index (χ1) is 5.13. The van der Waals surface area contributed by atoms with Gasteiger partial charge in [-0.05, 0) is 6.08 Å². The molecule has 4 heteroatoms. The minimum absolute atomic E-state index is 0.0280. The van der Waals surface area contributed by atoms with Gasteiger partial charge in [0, 0.05) is 6.92 Å². The molecule has 4 nitrogen and oxygen atoms in total. The van der Waals surface area contributed by atoms with Crippen molar-refractivity contribution in [1.29, 1.82) is 0 Å². The average Bonchev–Trinajstić information content (AvgIpc) is 1.98. The summed E-state index contributed by atoms with van der Waals surface area (Å²) in [5, 5.41) is 8.45. The number of amides is 2. The molecule has 0 aromatic carbocycles. The van der Waals surface area contributed by atoms with Crippen molar-refractivity contribution in [2.75, 3.05) is 13.2 Å². The molecule has 0 saturated heterocycles. The van der Waals surface area contributed by atoms with Gasteiger partial charge in [-0.25, -0.2) is 0 Å². The fourth-order valence-electron chi connectivity index (χ4n) is 0.633. The summed E-state index contributed by atoms with van der Waals surface area (Å²) in [7, 11) is 0. The van der Waals surface area contributed by atoms with E-state index in [-0.39, 0.29) is 19.1 Å². The molecule has 0 aromatic rings. The topological polar surface area (TPSA) is 57.6 Å². The number of carbonyl (C=O) groups is 2. The monoisotopic (exact) mass is 157 g/mol. The molecule has 0 atom stereocenters. The number of hydrogen-bond acceptors (Lipinski definition) is 3. The third-order valence-corrected chi connectivity index (χ3v) is 1.14. The molecule has 11 heavy (non-hydrogen) atoms. The van der Waals surface area contributed by atoms with Crippen molar-refractivity contribution >= 4 is 11.8 Å². The number of aliphatic hydroxyl groups excluding tert-OH is 1. The minimum atomic E-state index is -0.480. The van der Waals surface area contributed by atoms with Crippen molar-refractivity contribution < 1.29 is 14.7 Å². The van der Waals surface area contributed by atoms with Crippen LogP contribution in [-0.4, -0.2) is 35.0 Å². The third kappa shape index (κ3) is 2.95. The van der Waals surface area contributed by atoms with E-state index in [9.17, 15) is 9.59 Å². The van der Waals surface area contributed by atoms with E-state index in [4.69, 9.17) is 5.11 Å². The first-order valence-corrected chi connectivity index (χ1v) is 3.18. The minimum Gasteiger partial charge on any atom is -0.395 e. The fourth-order valence-corrected chi connectivity index (χ4v) is 0.633. The predicted molar refractivity (Wildman–Crippen MR) is 39.7 cm³/mol. The lowest BCUT2D eigenvalue weighted by Crippen LogP contribution is -2.36. The number of rotatable bonds is 3. The molecule has 2 amide bonds. The Hall–Kier alpha value is -1.16. The van der Waals surface area contributed by atoms with Crippen molar-refractivity contribution in [2.45, 2.75) is 6.92 Å². The lowest BCUT2D eigenvalue weighted by molar-refractivity contribution is -0.140. The highest BCUT2D eigenvalue weighted by molar-refractivity contribution is 5.99. The number of hydrogen-bond donors (Lipinski definition) is 1. The van der Waals surface area contributed by atoms with Crippen LogP contribution in [0.25, 0.3) is 0 Å². The first-order valence-electron chi connectivity index (χ1n) is 3.18. The van der Waals surface area contributed by atoms with Crippen molar-refractivity contribution in [1.82, 2.24) is 4.90 Å². The predicted octanol–water partition coefficient (Wildman–Crippen LogP) is -0.460. The van der Waals surface area contributed by atoms with Gasteiger partial charge in [-0.1, -0.05) is 6.58 Å². The molecule has 0 fully saturated rings. The Morgan fingerprint density at radius 3 is 2.45 bits per heavy atom. The molecule has 0 rings (SSSR count). The molecule has 0 aliphatic heterocycles. The Labute approximate surface area is 65.1 Å². The van der Waals surface area contributed by atoms with E-state index in [1.807, 2.05) is 0 Å². The zero-order valence-electron chi connectivity index (χ0n) is 6.41. The maximum absolute atomic E-state index is 10.8. The summed E-state index contributed by atoms with van der Waals surface area (Å²) in [6.45, 7) is 4.29. The summed E-state index contributed by atoms with van der Waals surface area (Å²) >= 11 is 0. The molecule has 0 spiro atoms. The van der Waals surface area contributed by atoms with Crippen LogP contribution in [0.4, 0.5) is 0 Å². The summed E-state index contributed by atoms with van der Waals surface area (Å²) < 4.78 is 0. The van der Waals surface area contributed by atoms with E-state index in [0.29, 0.717) is 0 Å². The summed E-state index contributed by atoms with van der Waals surface area (Å²) in [6.07, 6.45) is 1.04. The molecule has 0 bridgehead atoms. The second-order valence-electron chi connectivity index (χ2n) is 1.94. The van der Waals surface area contributed by atoms with Crippen LogP contribution in [0.2, 0.25) is 0 Å². The van der Waals surface area contributed by atoms with Crippen LogP contribution < -0.4 is 0 Å². The smallest absolute Gasteiger partial charge is 0.252 e. The van der Waals surface area contributed by atoms with Gasteiger partial charge in [0.05, 0.1) is 13.2 Å². The number of imide groups is 1. The van der Waals surface area contributed by atoms with E-state index < -0.39 is 5.91 Å². The van der Waals surface area contributed by atoms with Crippen LogP contribution in [0.3, 0.4) is 0 Å². The molecular weight excluding hydrogens is 146 g/mol. The summed E-state index contributed by atoms with van der Waals surface area (Å²) in [4.78, 5) is 22.4. The zero-order valence-corrected chi connectivity index (χ0v) is 6.41. The Morgan fingerprint density at radius 2 is 2.18 bits per heavy atom. The van der Waals surface area contributed by atoms with Gasteiger partial charge in [0.2, 0.25) is 5.91 Å². The fraction of sp³-hybridized carbons (Fsp3) is 0.429. The summed E-state index contributed by atoms with van der Waals surface area (Å²) in [6, 6.07) is 0. The van der Waals surface area contributed by atoms with Gasteiger partial charge in [0.15, 0.2) is 0 Å². The van der Waals surface area contributed by atoms with E-state index in [2.05, 4.69) is 6.58 Å². The summed E-state index contributed by atoms with van der Waals surface area (Å²) in [5.41, 5.74) is 0. The maximum atomic E-state index is 10.8. The van der Waals surface area contributed by atoms with Gasteiger partial charge in [0.25, 0.3) is 5.91 Å². The highest BCUT2D eigenvalue weighted by Crippen LogP contribution is 1.90. The average molecular weight is 157 g/mol. The van der Waals surface area contributed by atoms with Crippen LogP contribution in [0, 0.1) is 0 Å². The Kier molecular flexibility index (Phi) is 4.14. The van der Waals surface area contributed by atoms with Crippen molar-refractivity contribution in [3.63, 3.8) is 0 Å². The lowest BCUT2D eigenvalue weighted by Gasteiger charge is -2.14. The second-order valence-corrected chi connectivity index (χ2v) is 1.94. The van der Waals surface area contributed by atoms with Gasteiger partial charge in [-0.2, -0.15) is 0 Å². The molecule has 0 aliphatic rings. The van der Waals surface area contributed by atoms with Crippen LogP contribution in [0.1, 0.15) is 6.92 Å². The Bertz CT molecular complexity index is 177. The highest BCUT2D eigenvalue weighted by Gasteiger charge is 2.12. The number of nitrogens with zero attached hydrogens (tertiary/aromatic N) is 1. The van der Waals surface area contributed by atoms with Crippen molar-refractivity contribution in [3.8, 4) is 0 Å². The molecule has 0 unspecified atom stereocenters. The Balaban J connectivity index is 4.20. The molecule has 62 valence electrons. The molecule has 0 aliphatic carbocycles. The largest absolute Gasteiger partial charge is 0.395 e. The van der Waals surface area contributed by atoms with E-state index in [0.717, 1.165) is 11.0 Å².